The van der Waals surface area contributed by atoms with Gasteiger partial charge in [-0.25, -0.2) is 0 Å². The van der Waals surface area contributed by atoms with Gasteiger partial charge in [0, 0.05) is 33.6 Å². The van der Waals surface area contributed by atoms with Gasteiger partial charge < -0.3 is 19.2 Å². The third kappa shape index (κ3) is 123. The van der Waals surface area contributed by atoms with E-state index < -0.39 is 9.05 Å². The van der Waals surface area contributed by atoms with Crippen LogP contribution in [0.25, 0.3) is 0 Å². The van der Waals surface area contributed by atoms with E-state index in [1.165, 1.54) is 0 Å². The Kier molecular flexibility index (Phi) is 24.5. The van der Waals surface area contributed by atoms with Crippen molar-refractivity contribution in [3.05, 3.63) is 0 Å². The minimum atomic E-state index is -4.61. The maximum absolute atomic E-state index is 7.33. The molecule has 0 aromatic heterocycles. The molecule has 0 unspecified atom stereocenters. The number of hydrogen-bond donors (Lipinski definition) is 4. The first kappa shape index (κ1) is 22.6. The standard InChI is InChI=1S/Fe.Li.Ni.H4O4Si.H/c;;;1-5(2,3)4;/h;;;1-4H;. The molecule has 0 atom stereocenters. The largest absolute Gasteiger partial charge is 0 e. The Morgan fingerprint density at radius 3 is 0.875 bits per heavy atom. The van der Waals surface area contributed by atoms with Crippen LogP contribution in [-0.2, 0) is 33.6 Å². The molecular formula is H5FeLiNiO4Si. The fraction of sp³-hybridized carbons (Fsp3) is 0. The van der Waals surface area contributed by atoms with Crippen LogP contribution in [0.2, 0.25) is 0 Å². The maximum Gasteiger partial charge on any atom is 0 e. The molecule has 52 valence electrons. The first-order valence-corrected chi connectivity index (χ1v) is 2.68. The Labute approximate surface area is 80.4 Å². The van der Waals surface area contributed by atoms with Gasteiger partial charge in [0.1, 0.15) is 0 Å². The number of hydrogen-bond acceptors (Lipinski definition) is 4. The first-order chi connectivity index (χ1) is 2.00. The molecule has 0 aliphatic rings. The van der Waals surface area contributed by atoms with Gasteiger partial charge in [0.2, 0.25) is 0 Å². The molecule has 4 nitrogen and oxygen atoms in total. The van der Waals surface area contributed by atoms with Crippen LogP contribution in [0.15, 0.2) is 0 Å². The summed E-state index contributed by atoms with van der Waals surface area (Å²) in [7, 11) is -4.61. The van der Waals surface area contributed by atoms with E-state index in [-0.39, 0.29) is 52.4 Å². The summed E-state index contributed by atoms with van der Waals surface area (Å²) in [5.74, 6) is 0. The van der Waals surface area contributed by atoms with Crippen LogP contribution in [0.3, 0.4) is 0 Å². The SMILES string of the molecule is O[Si](O)(O)O.[Fe].[LiH].[Ni]. The van der Waals surface area contributed by atoms with Gasteiger partial charge in [-0.1, -0.05) is 0 Å². The van der Waals surface area contributed by atoms with E-state index >= 15 is 0 Å². The minimum Gasteiger partial charge on any atom is 0 e. The maximum atomic E-state index is 7.33. The summed E-state index contributed by atoms with van der Waals surface area (Å²) in [6, 6.07) is 0. The van der Waals surface area contributed by atoms with Gasteiger partial charge in [0.15, 0.2) is 0 Å². The van der Waals surface area contributed by atoms with Crippen molar-refractivity contribution in [3.8, 4) is 0 Å². The van der Waals surface area contributed by atoms with E-state index in [4.69, 9.17) is 19.2 Å². The minimum absolute atomic E-state index is 0. The van der Waals surface area contributed by atoms with Crippen LogP contribution in [0.4, 0.5) is 0 Å². The van der Waals surface area contributed by atoms with Crippen molar-refractivity contribution in [1.29, 1.82) is 0 Å². The zero-order chi connectivity index (χ0) is 4.50. The quantitative estimate of drug-likeness (QED) is 0.322. The van der Waals surface area contributed by atoms with E-state index in [1.807, 2.05) is 0 Å². The molecule has 0 saturated heterocycles. The predicted molar refractivity (Wildman–Crippen MR) is 21.8 cm³/mol. The Hall–Kier alpha value is 1.67. The summed E-state index contributed by atoms with van der Waals surface area (Å²) >= 11 is 0. The fourth-order valence-corrected chi connectivity index (χ4v) is 0. The molecule has 0 spiro atoms. The van der Waals surface area contributed by atoms with Crippen LogP contribution in [0.5, 0.6) is 0 Å². The van der Waals surface area contributed by atoms with Gasteiger partial charge in [-0.3, -0.25) is 0 Å². The van der Waals surface area contributed by atoms with Crippen LogP contribution in [-0.4, -0.2) is 47.1 Å². The Bertz CT molecular complexity index is 31.5. The second-order valence-corrected chi connectivity index (χ2v) is 1.80. The molecule has 0 aromatic rings. The average Bonchev–Trinajstić information content (AvgIpc) is 0.722. The van der Waals surface area contributed by atoms with Crippen LogP contribution in [0, 0.1) is 0 Å². The van der Waals surface area contributed by atoms with Gasteiger partial charge in [-0.2, -0.15) is 0 Å². The van der Waals surface area contributed by atoms with Crippen molar-refractivity contribution in [2.24, 2.45) is 0 Å². The summed E-state index contributed by atoms with van der Waals surface area (Å²) in [6.07, 6.45) is 0. The van der Waals surface area contributed by atoms with Gasteiger partial charge in [0.25, 0.3) is 0 Å². The van der Waals surface area contributed by atoms with E-state index in [1.54, 1.807) is 0 Å². The van der Waals surface area contributed by atoms with Crippen LogP contribution in [0.1, 0.15) is 0 Å². The summed E-state index contributed by atoms with van der Waals surface area (Å²) in [4.78, 5) is 29.3. The zero-order valence-electron chi connectivity index (χ0n) is 2.96. The van der Waals surface area contributed by atoms with Crippen LogP contribution >= 0.6 is 0 Å². The molecule has 0 saturated carbocycles. The molecule has 0 bridgehead atoms. The molecule has 0 fully saturated rings. The van der Waals surface area contributed by atoms with Crippen molar-refractivity contribution in [3.63, 3.8) is 0 Å². The Balaban J connectivity index is -0.0000000267. The second kappa shape index (κ2) is 8.67. The molecular weight excluding hydrogens is 214 g/mol. The van der Waals surface area contributed by atoms with E-state index in [2.05, 4.69) is 0 Å². The first-order valence-electron chi connectivity index (χ1n) is 0.894. The van der Waals surface area contributed by atoms with Crippen molar-refractivity contribution < 1.29 is 52.7 Å². The monoisotopic (exact) mass is 218 g/mol. The van der Waals surface area contributed by atoms with Crippen molar-refractivity contribution >= 4 is 27.9 Å². The molecule has 0 aliphatic carbocycles. The van der Waals surface area contributed by atoms with Crippen molar-refractivity contribution in [1.82, 2.24) is 0 Å². The summed E-state index contributed by atoms with van der Waals surface area (Å²) < 4.78 is 0. The smallest absolute Gasteiger partial charge is 0 e. The molecule has 8 heavy (non-hydrogen) atoms. The zero-order valence-corrected chi connectivity index (χ0v) is 6.05. The van der Waals surface area contributed by atoms with E-state index in [0.29, 0.717) is 0 Å². The van der Waals surface area contributed by atoms with Gasteiger partial charge in [-0.15, -0.1) is 0 Å². The molecule has 4 N–H and O–H groups in total. The fourth-order valence-electron chi connectivity index (χ4n) is 0. The van der Waals surface area contributed by atoms with E-state index in [9.17, 15) is 0 Å². The molecule has 0 radical (unpaired) electrons. The molecule has 8 heteroatoms. The predicted octanol–water partition coefficient (Wildman–Crippen LogP) is -3.26. The summed E-state index contributed by atoms with van der Waals surface area (Å²) in [5.41, 5.74) is 0. The summed E-state index contributed by atoms with van der Waals surface area (Å²) in [6.45, 7) is 0. The van der Waals surface area contributed by atoms with Crippen LogP contribution < -0.4 is 0 Å². The average molecular weight is 219 g/mol. The molecule has 0 amide bonds. The van der Waals surface area contributed by atoms with Gasteiger partial charge in [-0.05, 0) is 0 Å². The normalized spacial score (nSPS) is 7.50. The summed E-state index contributed by atoms with van der Waals surface area (Å²) in [5, 5.41) is 0. The van der Waals surface area contributed by atoms with Gasteiger partial charge >= 0.3 is 27.9 Å². The Morgan fingerprint density at radius 2 is 0.875 bits per heavy atom. The second-order valence-electron chi connectivity index (χ2n) is 0.600. The topological polar surface area (TPSA) is 80.9 Å². The van der Waals surface area contributed by atoms with E-state index in [0.717, 1.165) is 0 Å². The number of rotatable bonds is 0. The molecule has 0 rings (SSSR count). The third-order valence-electron chi connectivity index (χ3n) is 0. The molecule has 0 aliphatic heterocycles. The van der Waals surface area contributed by atoms with Crippen molar-refractivity contribution in [2.45, 2.75) is 0 Å². The van der Waals surface area contributed by atoms with Crippen molar-refractivity contribution in [2.75, 3.05) is 0 Å². The molecule has 0 aromatic carbocycles. The Morgan fingerprint density at radius 1 is 0.875 bits per heavy atom. The van der Waals surface area contributed by atoms with Gasteiger partial charge in [0.05, 0.1) is 0 Å². The molecule has 0 heterocycles. The third-order valence-corrected chi connectivity index (χ3v) is 0.